The predicted octanol–water partition coefficient (Wildman–Crippen LogP) is 3.39. The van der Waals surface area contributed by atoms with Crippen LogP contribution in [0.3, 0.4) is 0 Å². The first kappa shape index (κ1) is 16.2. The Morgan fingerprint density at radius 1 is 1.09 bits per heavy atom. The molecule has 0 amide bonds. The summed E-state index contributed by atoms with van der Waals surface area (Å²) in [4.78, 5) is 12.2. The normalized spacial score (nSPS) is 11.0. The molecular weight excluding hydrogens is 282 g/mol. The Balaban J connectivity index is 2.52. The van der Waals surface area contributed by atoms with Crippen LogP contribution in [0, 0.1) is 0 Å². The van der Waals surface area contributed by atoms with Gasteiger partial charge in [0.2, 0.25) is 5.75 Å². The van der Waals surface area contributed by atoms with E-state index in [1.165, 1.54) is 4.57 Å². The van der Waals surface area contributed by atoms with Gasteiger partial charge in [-0.05, 0) is 25.0 Å². The lowest BCUT2D eigenvalue weighted by Crippen LogP contribution is -2.20. The molecule has 22 heavy (non-hydrogen) atoms. The van der Waals surface area contributed by atoms with E-state index in [0.29, 0.717) is 29.8 Å². The predicted molar refractivity (Wildman–Crippen MR) is 86.8 cm³/mol. The Kier molecular flexibility index (Phi) is 5.31. The zero-order chi connectivity index (χ0) is 16.1. The number of benzene rings is 1. The lowest BCUT2D eigenvalue weighted by Gasteiger charge is -2.14. The summed E-state index contributed by atoms with van der Waals surface area (Å²) in [5, 5.41) is 20.3. The van der Waals surface area contributed by atoms with Crippen molar-refractivity contribution in [2.45, 2.75) is 46.1 Å². The van der Waals surface area contributed by atoms with Crippen molar-refractivity contribution in [2.75, 3.05) is 6.61 Å². The highest BCUT2D eigenvalue weighted by Crippen LogP contribution is 2.32. The third-order valence-corrected chi connectivity index (χ3v) is 3.69. The van der Waals surface area contributed by atoms with Crippen molar-refractivity contribution in [1.82, 2.24) is 4.57 Å². The Morgan fingerprint density at radius 2 is 1.82 bits per heavy atom. The van der Waals surface area contributed by atoms with Crippen molar-refractivity contribution < 1.29 is 14.9 Å². The van der Waals surface area contributed by atoms with Crippen molar-refractivity contribution >= 4 is 10.9 Å². The summed E-state index contributed by atoms with van der Waals surface area (Å²) in [6.07, 6.45) is 3.76. The Labute approximate surface area is 129 Å². The number of rotatable bonds is 7. The number of unbranched alkanes of at least 4 members (excludes halogenated alkanes) is 2. The third kappa shape index (κ3) is 3.18. The first-order valence-electron chi connectivity index (χ1n) is 7.81. The zero-order valence-electron chi connectivity index (χ0n) is 13.1. The van der Waals surface area contributed by atoms with Crippen molar-refractivity contribution in [3.8, 4) is 17.2 Å². The molecular formula is C17H23NO4. The molecule has 0 saturated carbocycles. The number of aryl methyl sites for hydroxylation is 1. The van der Waals surface area contributed by atoms with Gasteiger partial charge >= 0.3 is 0 Å². The number of aromatic nitrogens is 1. The molecule has 1 heterocycles. The van der Waals surface area contributed by atoms with Gasteiger partial charge in [-0.15, -0.1) is 0 Å². The van der Waals surface area contributed by atoms with Gasteiger partial charge < -0.3 is 19.5 Å². The lowest BCUT2D eigenvalue weighted by molar-refractivity contribution is 0.309. The summed E-state index contributed by atoms with van der Waals surface area (Å²) in [5.74, 6) is -0.299. The van der Waals surface area contributed by atoms with E-state index in [9.17, 15) is 15.0 Å². The highest BCUT2D eigenvalue weighted by Gasteiger charge is 2.15. The highest BCUT2D eigenvalue weighted by molar-refractivity contribution is 5.88. The molecule has 0 saturated heterocycles. The van der Waals surface area contributed by atoms with Gasteiger partial charge in [-0.2, -0.15) is 0 Å². The van der Waals surface area contributed by atoms with Crippen molar-refractivity contribution in [1.29, 1.82) is 0 Å². The molecule has 120 valence electrons. The van der Waals surface area contributed by atoms with Crippen molar-refractivity contribution in [3.05, 3.63) is 28.6 Å². The largest absolute Gasteiger partial charge is 0.504 e. The van der Waals surface area contributed by atoms with E-state index in [1.54, 1.807) is 18.2 Å². The molecule has 0 aliphatic carbocycles. The molecule has 1 aromatic carbocycles. The van der Waals surface area contributed by atoms with Crippen molar-refractivity contribution in [2.24, 2.45) is 0 Å². The molecule has 2 rings (SSSR count). The number of hydrogen-bond donors (Lipinski definition) is 2. The lowest BCUT2D eigenvalue weighted by atomic mass is 10.1. The van der Waals surface area contributed by atoms with Crippen LogP contribution in [0.4, 0.5) is 0 Å². The van der Waals surface area contributed by atoms with Gasteiger partial charge in [0.15, 0.2) is 5.75 Å². The van der Waals surface area contributed by atoms with Gasteiger partial charge in [-0.25, -0.2) is 0 Å². The van der Waals surface area contributed by atoms with E-state index in [0.717, 1.165) is 25.7 Å². The number of fused-ring (bicyclic) bond motifs is 1. The van der Waals surface area contributed by atoms with E-state index in [1.807, 2.05) is 6.92 Å². The maximum absolute atomic E-state index is 12.2. The highest BCUT2D eigenvalue weighted by atomic mass is 16.5. The Morgan fingerprint density at radius 3 is 2.50 bits per heavy atom. The summed E-state index contributed by atoms with van der Waals surface area (Å²) in [7, 11) is 0. The topological polar surface area (TPSA) is 71.7 Å². The first-order chi connectivity index (χ1) is 10.6. The first-order valence-corrected chi connectivity index (χ1v) is 7.81. The molecule has 0 bridgehead atoms. The van der Waals surface area contributed by atoms with E-state index in [4.69, 9.17) is 4.74 Å². The second-order valence-corrected chi connectivity index (χ2v) is 5.39. The average Bonchev–Trinajstić information content (AvgIpc) is 2.53. The van der Waals surface area contributed by atoms with E-state index < -0.39 is 11.3 Å². The van der Waals surface area contributed by atoms with Crippen LogP contribution >= 0.6 is 0 Å². The van der Waals surface area contributed by atoms with Gasteiger partial charge in [-0.1, -0.05) is 26.7 Å². The standard InChI is InChI=1S/C17H23NO4/c1-3-5-9-18-14-11-12(22-10-6-4-2)7-8-13(14)15(19)16(20)17(18)21/h7-8,11,19-20H,3-6,9-10H2,1-2H3. The van der Waals surface area contributed by atoms with Crippen LogP contribution in [0.1, 0.15) is 39.5 Å². The van der Waals surface area contributed by atoms with Gasteiger partial charge in [0.1, 0.15) is 5.75 Å². The molecule has 5 nitrogen and oxygen atoms in total. The number of pyridine rings is 1. The maximum Gasteiger partial charge on any atom is 0.297 e. The summed E-state index contributed by atoms with van der Waals surface area (Å²) in [5.41, 5.74) is 0.0203. The van der Waals surface area contributed by atoms with Crippen LogP contribution < -0.4 is 10.3 Å². The molecule has 0 spiro atoms. The van der Waals surface area contributed by atoms with Crippen LogP contribution in [0.2, 0.25) is 0 Å². The smallest absolute Gasteiger partial charge is 0.297 e. The van der Waals surface area contributed by atoms with Crippen LogP contribution in [0.5, 0.6) is 17.2 Å². The Hall–Kier alpha value is -2.17. The van der Waals surface area contributed by atoms with Gasteiger partial charge in [0, 0.05) is 18.0 Å². The minimum atomic E-state index is -0.594. The minimum Gasteiger partial charge on any atom is -0.504 e. The molecule has 0 radical (unpaired) electrons. The zero-order valence-corrected chi connectivity index (χ0v) is 13.1. The number of nitrogens with zero attached hydrogens (tertiary/aromatic N) is 1. The van der Waals surface area contributed by atoms with E-state index in [2.05, 4.69) is 6.92 Å². The molecule has 0 atom stereocenters. The van der Waals surface area contributed by atoms with Gasteiger partial charge in [0.05, 0.1) is 12.1 Å². The van der Waals surface area contributed by atoms with Crippen LogP contribution in [-0.4, -0.2) is 21.4 Å². The average molecular weight is 305 g/mol. The summed E-state index contributed by atoms with van der Waals surface area (Å²) in [6.45, 7) is 5.24. The fourth-order valence-electron chi connectivity index (χ4n) is 2.36. The molecule has 5 heteroatoms. The van der Waals surface area contributed by atoms with E-state index >= 15 is 0 Å². The molecule has 0 aliphatic heterocycles. The molecule has 0 aliphatic rings. The Bertz CT molecular complexity index is 706. The quantitative estimate of drug-likeness (QED) is 0.769. The number of hydrogen-bond acceptors (Lipinski definition) is 4. The molecule has 1 aromatic heterocycles. The van der Waals surface area contributed by atoms with Gasteiger partial charge in [-0.3, -0.25) is 4.79 Å². The summed E-state index contributed by atoms with van der Waals surface area (Å²) < 4.78 is 7.17. The van der Waals surface area contributed by atoms with Crippen LogP contribution in [0.15, 0.2) is 23.0 Å². The number of ether oxygens (including phenoxy) is 1. The summed E-state index contributed by atoms with van der Waals surface area (Å²) >= 11 is 0. The monoisotopic (exact) mass is 305 g/mol. The minimum absolute atomic E-state index is 0.368. The number of aromatic hydroxyl groups is 2. The second kappa shape index (κ2) is 7.20. The summed E-state index contributed by atoms with van der Waals surface area (Å²) in [6, 6.07) is 5.17. The van der Waals surface area contributed by atoms with Crippen LogP contribution in [0.25, 0.3) is 10.9 Å². The maximum atomic E-state index is 12.2. The van der Waals surface area contributed by atoms with Crippen LogP contribution in [-0.2, 0) is 6.54 Å². The van der Waals surface area contributed by atoms with Crippen molar-refractivity contribution in [3.63, 3.8) is 0 Å². The molecule has 0 fully saturated rings. The fraction of sp³-hybridized carbons (Fsp3) is 0.471. The molecule has 2 N–H and O–H groups in total. The SMILES string of the molecule is CCCCOc1ccc2c(O)c(O)c(=O)n(CCCC)c2c1. The van der Waals surface area contributed by atoms with E-state index in [-0.39, 0.29) is 5.75 Å². The fourth-order valence-corrected chi connectivity index (χ4v) is 2.36. The molecule has 0 unspecified atom stereocenters. The third-order valence-electron chi connectivity index (χ3n) is 3.69. The molecule has 2 aromatic rings. The second-order valence-electron chi connectivity index (χ2n) is 5.39. The van der Waals surface area contributed by atoms with Gasteiger partial charge in [0.25, 0.3) is 5.56 Å².